The fourth-order valence-corrected chi connectivity index (χ4v) is 3.05. The number of phenols is 1. The van der Waals surface area contributed by atoms with Crippen molar-refractivity contribution in [2.45, 2.75) is 11.4 Å². The van der Waals surface area contributed by atoms with Gasteiger partial charge in [-0.3, -0.25) is 0 Å². The van der Waals surface area contributed by atoms with Crippen molar-refractivity contribution >= 4 is 15.7 Å². The summed E-state index contributed by atoms with van der Waals surface area (Å²) in [5.41, 5.74) is 6.02. The van der Waals surface area contributed by atoms with Gasteiger partial charge >= 0.3 is 0 Å². The molecule has 0 spiro atoms. The van der Waals surface area contributed by atoms with Gasteiger partial charge in [-0.2, -0.15) is 4.31 Å². The van der Waals surface area contributed by atoms with Gasteiger partial charge in [-0.05, 0) is 35.9 Å². The van der Waals surface area contributed by atoms with E-state index in [2.05, 4.69) is 0 Å². The van der Waals surface area contributed by atoms with Crippen molar-refractivity contribution in [2.24, 2.45) is 0 Å². The van der Waals surface area contributed by atoms with E-state index >= 15 is 0 Å². The van der Waals surface area contributed by atoms with Crippen LogP contribution in [0.1, 0.15) is 5.56 Å². The Balaban J connectivity index is 2.28. The molecule has 21 heavy (non-hydrogen) atoms. The molecule has 0 radical (unpaired) electrons. The second-order valence-corrected chi connectivity index (χ2v) is 6.66. The first kappa shape index (κ1) is 15.3. The number of nitrogens with two attached hydrogens (primary N) is 1. The fourth-order valence-electron chi connectivity index (χ4n) is 1.85. The van der Waals surface area contributed by atoms with Crippen molar-refractivity contribution in [1.29, 1.82) is 0 Å². The van der Waals surface area contributed by atoms with E-state index in [1.807, 2.05) is 0 Å². The zero-order chi connectivity index (χ0) is 15.6. The monoisotopic (exact) mass is 310 g/mol. The third kappa shape index (κ3) is 3.32. The minimum Gasteiger partial charge on any atom is -0.506 e. The summed E-state index contributed by atoms with van der Waals surface area (Å²) in [6, 6.07) is 9.40. The second kappa shape index (κ2) is 5.71. The van der Waals surface area contributed by atoms with Crippen LogP contribution in [0.4, 0.5) is 10.1 Å². The van der Waals surface area contributed by atoms with Gasteiger partial charge in [0.15, 0.2) is 0 Å². The molecule has 0 aliphatic carbocycles. The molecule has 5 nitrogen and oxygen atoms in total. The molecule has 2 rings (SSSR count). The van der Waals surface area contributed by atoms with Crippen LogP contribution < -0.4 is 5.73 Å². The van der Waals surface area contributed by atoms with Gasteiger partial charge in [-0.15, -0.1) is 0 Å². The smallest absolute Gasteiger partial charge is 0.243 e. The lowest BCUT2D eigenvalue weighted by atomic mass is 10.2. The number of sulfonamides is 1. The Morgan fingerprint density at radius 2 is 1.95 bits per heavy atom. The van der Waals surface area contributed by atoms with Crippen LogP contribution >= 0.6 is 0 Å². The number of anilines is 1. The largest absolute Gasteiger partial charge is 0.506 e. The van der Waals surface area contributed by atoms with Gasteiger partial charge in [0.2, 0.25) is 10.0 Å². The van der Waals surface area contributed by atoms with Gasteiger partial charge in [0, 0.05) is 13.6 Å². The van der Waals surface area contributed by atoms with Crippen LogP contribution in [0.5, 0.6) is 5.75 Å². The van der Waals surface area contributed by atoms with Crippen LogP contribution in [-0.2, 0) is 16.6 Å². The average Bonchev–Trinajstić information content (AvgIpc) is 2.41. The van der Waals surface area contributed by atoms with E-state index in [9.17, 15) is 17.9 Å². The van der Waals surface area contributed by atoms with E-state index in [-0.39, 0.29) is 22.9 Å². The number of aromatic hydroxyl groups is 1. The van der Waals surface area contributed by atoms with Crippen LogP contribution in [0, 0.1) is 5.82 Å². The third-order valence-electron chi connectivity index (χ3n) is 3.00. The number of hydrogen-bond donors (Lipinski definition) is 2. The quantitative estimate of drug-likeness (QED) is 0.667. The number of nitrogen functional groups attached to an aromatic ring is 1. The van der Waals surface area contributed by atoms with Crippen molar-refractivity contribution in [3.05, 3.63) is 53.8 Å². The van der Waals surface area contributed by atoms with Gasteiger partial charge < -0.3 is 10.8 Å². The lowest BCUT2D eigenvalue weighted by Gasteiger charge is -2.17. The standard InChI is InChI=1S/C14H15FN2O3S/c1-17(9-10-3-2-4-11(15)7-10)21(19,20)12-5-6-14(18)13(16)8-12/h2-8,18H,9,16H2,1H3. The SMILES string of the molecule is CN(Cc1cccc(F)c1)S(=O)(=O)c1ccc(O)c(N)c1. The Morgan fingerprint density at radius 1 is 1.24 bits per heavy atom. The molecule has 0 amide bonds. The first-order chi connectivity index (χ1) is 9.80. The average molecular weight is 310 g/mol. The van der Waals surface area contributed by atoms with Crippen molar-refractivity contribution in [3.63, 3.8) is 0 Å². The van der Waals surface area contributed by atoms with Gasteiger partial charge in [0.05, 0.1) is 10.6 Å². The highest BCUT2D eigenvalue weighted by Gasteiger charge is 2.21. The molecule has 0 atom stereocenters. The first-order valence-electron chi connectivity index (χ1n) is 6.10. The molecule has 0 aliphatic rings. The molecule has 0 saturated carbocycles. The minimum absolute atomic E-state index is 0.0183. The summed E-state index contributed by atoms with van der Waals surface area (Å²) in [6.07, 6.45) is 0. The lowest BCUT2D eigenvalue weighted by molar-refractivity contribution is 0.464. The van der Waals surface area contributed by atoms with Crippen LogP contribution in [0.2, 0.25) is 0 Å². The summed E-state index contributed by atoms with van der Waals surface area (Å²) in [5.74, 6) is -0.603. The maximum absolute atomic E-state index is 13.1. The van der Waals surface area contributed by atoms with E-state index in [1.54, 1.807) is 6.07 Å². The van der Waals surface area contributed by atoms with E-state index in [0.717, 1.165) is 4.31 Å². The van der Waals surface area contributed by atoms with Crippen molar-refractivity contribution in [1.82, 2.24) is 4.31 Å². The zero-order valence-corrected chi connectivity index (χ0v) is 12.1. The van der Waals surface area contributed by atoms with Gasteiger partial charge in [-0.1, -0.05) is 12.1 Å². The molecule has 112 valence electrons. The third-order valence-corrected chi connectivity index (χ3v) is 4.80. The Hall–Kier alpha value is -2.12. The van der Waals surface area contributed by atoms with Crippen molar-refractivity contribution in [2.75, 3.05) is 12.8 Å². The highest BCUT2D eigenvalue weighted by Crippen LogP contribution is 2.25. The van der Waals surface area contributed by atoms with Gasteiger partial charge in [0.25, 0.3) is 0 Å². The molecule has 3 N–H and O–H groups in total. The predicted octanol–water partition coefficient (Wildman–Crippen LogP) is 1.93. The molecule has 0 unspecified atom stereocenters. The molecule has 0 aromatic heterocycles. The Morgan fingerprint density at radius 3 is 2.57 bits per heavy atom. The second-order valence-electron chi connectivity index (χ2n) is 4.61. The zero-order valence-electron chi connectivity index (χ0n) is 11.3. The van der Waals surface area contributed by atoms with Crippen LogP contribution in [0.15, 0.2) is 47.4 Å². The normalized spacial score (nSPS) is 11.8. The number of rotatable bonds is 4. The lowest BCUT2D eigenvalue weighted by Crippen LogP contribution is -2.26. The fraction of sp³-hybridized carbons (Fsp3) is 0.143. The topological polar surface area (TPSA) is 83.6 Å². The number of nitrogens with zero attached hydrogens (tertiary/aromatic N) is 1. The molecule has 0 fully saturated rings. The highest BCUT2D eigenvalue weighted by atomic mass is 32.2. The summed E-state index contributed by atoms with van der Waals surface area (Å²) in [7, 11) is -2.38. The van der Waals surface area contributed by atoms with E-state index < -0.39 is 15.8 Å². The van der Waals surface area contributed by atoms with Gasteiger partial charge in [0.1, 0.15) is 11.6 Å². The summed E-state index contributed by atoms with van der Waals surface area (Å²) >= 11 is 0. The molecule has 7 heteroatoms. The molecule has 2 aromatic rings. The maximum Gasteiger partial charge on any atom is 0.243 e. The summed E-state index contributed by atoms with van der Waals surface area (Å²) < 4.78 is 39.0. The molecular weight excluding hydrogens is 295 g/mol. The molecule has 0 heterocycles. The van der Waals surface area contributed by atoms with Crippen LogP contribution in [-0.4, -0.2) is 24.9 Å². The Labute approximate surface area is 122 Å². The highest BCUT2D eigenvalue weighted by molar-refractivity contribution is 7.89. The maximum atomic E-state index is 13.1. The predicted molar refractivity (Wildman–Crippen MR) is 77.6 cm³/mol. The summed E-state index contributed by atoms with van der Waals surface area (Å²) in [6.45, 7) is 0.0286. The van der Waals surface area contributed by atoms with E-state index in [1.165, 1.54) is 43.4 Å². The molecule has 0 saturated heterocycles. The van der Waals surface area contributed by atoms with Crippen LogP contribution in [0.3, 0.4) is 0 Å². The molecule has 2 aromatic carbocycles. The first-order valence-corrected chi connectivity index (χ1v) is 7.54. The van der Waals surface area contributed by atoms with E-state index in [4.69, 9.17) is 5.73 Å². The minimum atomic E-state index is -3.77. The van der Waals surface area contributed by atoms with E-state index in [0.29, 0.717) is 5.56 Å². The summed E-state index contributed by atoms with van der Waals surface area (Å²) in [4.78, 5) is -0.0308. The number of halogens is 1. The Bertz CT molecular complexity index is 763. The number of benzene rings is 2. The van der Waals surface area contributed by atoms with Crippen LogP contribution in [0.25, 0.3) is 0 Å². The number of hydrogen-bond acceptors (Lipinski definition) is 4. The molecular formula is C14H15FN2O3S. The molecule has 0 aliphatic heterocycles. The van der Waals surface area contributed by atoms with Gasteiger partial charge in [-0.25, -0.2) is 12.8 Å². The van der Waals surface area contributed by atoms with Crippen molar-refractivity contribution in [3.8, 4) is 5.75 Å². The van der Waals surface area contributed by atoms with Crippen molar-refractivity contribution < 1.29 is 17.9 Å². The Kier molecular flexibility index (Phi) is 4.15. The molecule has 0 bridgehead atoms. The number of phenolic OH excluding ortho intramolecular Hbond substituents is 1. The summed E-state index contributed by atoms with van der Waals surface area (Å²) in [5, 5.41) is 9.34.